The highest BCUT2D eigenvalue weighted by Crippen LogP contribution is 2.30. The van der Waals surface area contributed by atoms with Crippen molar-refractivity contribution in [3.8, 4) is 0 Å². The van der Waals surface area contributed by atoms with Crippen molar-refractivity contribution in [2.45, 2.75) is 25.9 Å². The van der Waals surface area contributed by atoms with Crippen LogP contribution in [0.15, 0.2) is 30.3 Å². The van der Waals surface area contributed by atoms with Crippen molar-refractivity contribution in [3.05, 3.63) is 41.5 Å². The minimum atomic E-state index is 0.192. The topological polar surface area (TPSA) is 9.23 Å². The average molecular weight is 300 g/mol. The van der Waals surface area contributed by atoms with Crippen molar-refractivity contribution in [1.29, 1.82) is 0 Å². The summed E-state index contributed by atoms with van der Waals surface area (Å²) in [7, 11) is 0. The van der Waals surface area contributed by atoms with Crippen molar-refractivity contribution in [2.24, 2.45) is 0 Å². The molecule has 0 amide bonds. The second kappa shape index (κ2) is 4.45. The summed E-state index contributed by atoms with van der Waals surface area (Å²) >= 11 is 1.97. The van der Waals surface area contributed by atoms with Crippen LogP contribution < -0.4 is 0 Å². The van der Waals surface area contributed by atoms with Gasteiger partial charge in [0.1, 0.15) is 23.0 Å². The molecule has 74 valence electrons. The number of fused-ring (bicyclic) bond motifs is 1. The lowest BCUT2D eigenvalue weighted by Crippen LogP contribution is -2.10. The molecule has 1 nitrogen and oxygen atoms in total. The van der Waals surface area contributed by atoms with Gasteiger partial charge in [0.25, 0.3) is 0 Å². The highest BCUT2D eigenvalue weighted by atomic mass is 127. The largest absolute Gasteiger partial charge is 0.308 e. The van der Waals surface area contributed by atoms with Gasteiger partial charge in [-0.2, -0.15) is 0 Å². The quantitative estimate of drug-likeness (QED) is 0.755. The SMILES string of the molecule is CC(OI)C1=CCCc2ccccc21. The van der Waals surface area contributed by atoms with Crippen molar-refractivity contribution in [2.75, 3.05) is 0 Å². The van der Waals surface area contributed by atoms with Gasteiger partial charge in [-0.1, -0.05) is 30.3 Å². The minimum absolute atomic E-state index is 0.192. The molecule has 2 rings (SSSR count). The van der Waals surface area contributed by atoms with Crippen molar-refractivity contribution >= 4 is 28.6 Å². The predicted molar refractivity (Wildman–Crippen MR) is 67.3 cm³/mol. The average Bonchev–Trinajstić information content (AvgIpc) is 2.27. The van der Waals surface area contributed by atoms with Crippen LogP contribution in [-0.4, -0.2) is 6.10 Å². The smallest absolute Gasteiger partial charge is 0.110 e. The van der Waals surface area contributed by atoms with Gasteiger partial charge in [-0.3, -0.25) is 0 Å². The maximum atomic E-state index is 5.35. The number of aryl methyl sites for hydroxylation is 1. The van der Waals surface area contributed by atoms with Crippen LogP contribution in [0.25, 0.3) is 5.57 Å². The van der Waals surface area contributed by atoms with Crippen molar-refractivity contribution in [1.82, 2.24) is 0 Å². The van der Waals surface area contributed by atoms with E-state index in [2.05, 4.69) is 37.3 Å². The summed E-state index contributed by atoms with van der Waals surface area (Å²) in [6, 6.07) is 8.60. The lowest BCUT2D eigenvalue weighted by Gasteiger charge is -2.20. The molecule has 1 aliphatic rings. The molecule has 1 atom stereocenters. The third kappa shape index (κ3) is 1.86. The number of allylic oxidation sites excluding steroid dienone is 1. The third-order valence-corrected chi connectivity index (χ3v) is 3.44. The molecule has 1 aliphatic carbocycles. The summed E-state index contributed by atoms with van der Waals surface area (Å²) in [5, 5.41) is 0. The van der Waals surface area contributed by atoms with E-state index in [0.29, 0.717) is 0 Å². The van der Waals surface area contributed by atoms with Crippen LogP contribution in [0, 0.1) is 0 Å². The monoisotopic (exact) mass is 300 g/mol. The Labute approximate surface area is 98.9 Å². The molecule has 0 spiro atoms. The fourth-order valence-corrected chi connectivity index (χ4v) is 2.22. The van der Waals surface area contributed by atoms with Crippen LogP contribution in [0.4, 0.5) is 0 Å². The molecule has 2 heteroatoms. The van der Waals surface area contributed by atoms with Gasteiger partial charge in [0.05, 0.1) is 6.10 Å². The minimum Gasteiger partial charge on any atom is -0.308 e. The Morgan fingerprint density at radius 3 is 2.93 bits per heavy atom. The van der Waals surface area contributed by atoms with Crippen LogP contribution in [0.1, 0.15) is 24.5 Å². The van der Waals surface area contributed by atoms with E-state index in [9.17, 15) is 0 Å². The van der Waals surface area contributed by atoms with E-state index in [4.69, 9.17) is 3.07 Å². The van der Waals surface area contributed by atoms with E-state index in [0.717, 1.165) is 12.8 Å². The predicted octanol–water partition coefficient (Wildman–Crippen LogP) is 3.77. The number of rotatable bonds is 2. The molecule has 0 saturated heterocycles. The second-order valence-corrected chi connectivity index (χ2v) is 4.10. The fraction of sp³-hybridized carbons (Fsp3) is 0.333. The molecule has 14 heavy (non-hydrogen) atoms. The maximum absolute atomic E-state index is 5.35. The maximum Gasteiger partial charge on any atom is 0.110 e. The summed E-state index contributed by atoms with van der Waals surface area (Å²) in [6.07, 6.45) is 4.78. The molecule has 0 aliphatic heterocycles. The highest BCUT2D eigenvalue weighted by molar-refractivity contribution is 14.1. The van der Waals surface area contributed by atoms with Crippen LogP contribution in [0.5, 0.6) is 0 Å². The van der Waals surface area contributed by atoms with Crippen LogP contribution >= 0.6 is 23.0 Å². The standard InChI is InChI=1S/C12H13IO/c1-9(14-13)11-8-4-6-10-5-2-3-7-12(10)11/h2-3,5,7-9H,4,6H2,1H3. The molecule has 0 heterocycles. The number of benzene rings is 1. The van der Waals surface area contributed by atoms with Gasteiger partial charge in [-0.05, 0) is 36.5 Å². The Bertz CT molecular complexity index is 357. The molecule has 1 aromatic rings. The molecule has 0 radical (unpaired) electrons. The molecule has 1 unspecified atom stereocenters. The van der Waals surface area contributed by atoms with Gasteiger partial charge in [-0.15, -0.1) is 0 Å². The molecular formula is C12H13IO. The van der Waals surface area contributed by atoms with Crippen LogP contribution in [0.2, 0.25) is 0 Å². The van der Waals surface area contributed by atoms with E-state index in [1.165, 1.54) is 16.7 Å². The summed E-state index contributed by atoms with van der Waals surface area (Å²) in [5.41, 5.74) is 4.15. The Balaban J connectivity index is 2.40. The van der Waals surface area contributed by atoms with Crippen molar-refractivity contribution in [3.63, 3.8) is 0 Å². The van der Waals surface area contributed by atoms with Gasteiger partial charge in [-0.25, -0.2) is 0 Å². The Morgan fingerprint density at radius 2 is 2.14 bits per heavy atom. The molecule has 0 aromatic heterocycles. The molecule has 0 fully saturated rings. The molecule has 0 N–H and O–H groups in total. The van der Waals surface area contributed by atoms with Crippen molar-refractivity contribution < 1.29 is 3.07 Å². The first-order chi connectivity index (χ1) is 6.83. The Kier molecular flexibility index (Phi) is 3.23. The van der Waals surface area contributed by atoms with Crippen LogP contribution in [0.3, 0.4) is 0 Å². The first-order valence-corrected chi connectivity index (χ1v) is 5.76. The normalized spacial score (nSPS) is 17.1. The summed E-state index contributed by atoms with van der Waals surface area (Å²) in [5.74, 6) is 0. The van der Waals surface area contributed by atoms with Gasteiger partial charge in [0.15, 0.2) is 0 Å². The van der Waals surface area contributed by atoms with Gasteiger partial charge >= 0.3 is 0 Å². The van der Waals surface area contributed by atoms with Gasteiger partial charge in [0.2, 0.25) is 0 Å². The molecule has 1 aromatic carbocycles. The first kappa shape index (κ1) is 10.2. The molecule has 0 bridgehead atoms. The van der Waals surface area contributed by atoms with E-state index < -0.39 is 0 Å². The van der Waals surface area contributed by atoms with E-state index in [1.54, 1.807) is 0 Å². The summed E-state index contributed by atoms with van der Waals surface area (Å²) in [4.78, 5) is 0. The zero-order valence-corrected chi connectivity index (χ0v) is 10.3. The van der Waals surface area contributed by atoms with Crippen LogP contribution in [-0.2, 0) is 9.49 Å². The van der Waals surface area contributed by atoms with E-state index >= 15 is 0 Å². The Morgan fingerprint density at radius 1 is 1.36 bits per heavy atom. The second-order valence-electron chi connectivity index (χ2n) is 3.59. The highest BCUT2D eigenvalue weighted by Gasteiger charge is 2.16. The van der Waals surface area contributed by atoms with Gasteiger partial charge in [0, 0.05) is 0 Å². The Hall–Kier alpha value is -0.350. The first-order valence-electron chi connectivity index (χ1n) is 4.88. The third-order valence-electron chi connectivity index (χ3n) is 2.68. The fourth-order valence-electron chi connectivity index (χ4n) is 1.95. The number of halogens is 1. The summed E-state index contributed by atoms with van der Waals surface area (Å²) in [6.45, 7) is 2.10. The number of hydrogen-bond acceptors (Lipinski definition) is 1. The van der Waals surface area contributed by atoms with Gasteiger partial charge < -0.3 is 3.07 Å². The lowest BCUT2D eigenvalue weighted by molar-refractivity contribution is 0.379. The van der Waals surface area contributed by atoms with E-state index in [-0.39, 0.29) is 6.10 Å². The zero-order valence-electron chi connectivity index (χ0n) is 8.16. The van der Waals surface area contributed by atoms with E-state index in [1.807, 2.05) is 23.0 Å². The lowest BCUT2D eigenvalue weighted by atomic mass is 9.88. The molecule has 0 saturated carbocycles. The zero-order chi connectivity index (χ0) is 9.97. The molecular weight excluding hydrogens is 287 g/mol. The number of hydrogen-bond donors (Lipinski definition) is 0. The summed E-state index contributed by atoms with van der Waals surface area (Å²) < 4.78 is 5.35.